The van der Waals surface area contributed by atoms with E-state index in [2.05, 4.69) is 60.5 Å². The van der Waals surface area contributed by atoms with Crippen LogP contribution in [0.15, 0.2) is 24.3 Å². The van der Waals surface area contributed by atoms with Gasteiger partial charge >= 0.3 is 0 Å². The SMILES string of the molecule is CN(C)CCOc1ccc(NC2CCCN(C)CC2)cc1. The smallest absolute Gasteiger partial charge is 0.119 e. The van der Waals surface area contributed by atoms with Crippen LogP contribution in [-0.4, -0.2) is 63.2 Å². The van der Waals surface area contributed by atoms with Crippen LogP contribution in [-0.2, 0) is 0 Å². The highest BCUT2D eigenvalue weighted by Gasteiger charge is 2.14. The third-order valence-corrected chi connectivity index (χ3v) is 3.98. The van der Waals surface area contributed by atoms with E-state index in [-0.39, 0.29) is 0 Å². The molecule has 0 saturated carbocycles. The molecule has 4 nitrogen and oxygen atoms in total. The van der Waals surface area contributed by atoms with Crippen molar-refractivity contribution in [2.45, 2.75) is 25.3 Å². The summed E-state index contributed by atoms with van der Waals surface area (Å²) in [6.45, 7) is 4.07. The first kappa shape index (κ1) is 16.1. The van der Waals surface area contributed by atoms with Gasteiger partial charge in [0.15, 0.2) is 0 Å². The summed E-state index contributed by atoms with van der Waals surface area (Å²) in [5, 5.41) is 3.65. The molecule has 1 aliphatic heterocycles. The Morgan fingerprint density at radius 2 is 1.95 bits per heavy atom. The molecule has 21 heavy (non-hydrogen) atoms. The molecule has 0 aromatic heterocycles. The maximum Gasteiger partial charge on any atom is 0.119 e. The maximum absolute atomic E-state index is 5.72. The van der Waals surface area contributed by atoms with E-state index in [9.17, 15) is 0 Å². The molecule has 0 bridgehead atoms. The molecule has 1 saturated heterocycles. The largest absolute Gasteiger partial charge is 0.492 e. The van der Waals surface area contributed by atoms with Gasteiger partial charge in [0.25, 0.3) is 0 Å². The van der Waals surface area contributed by atoms with E-state index < -0.39 is 0 Å². The summed E-state index contributed by atoms with van der Waals surface area (Å²) < 4.78 is 5.72. The highest BCUT2D eigenvalue weighted by atomic mass is 16.5. The van der Waals surface area contributed by atoms with Crippen molar-refractivity contribution in [1.29, 1.82) is 0 Å². The van der Waals surface area contributed by atoms with E-state index in [1.165, 1.54) is 38.0 Å². The molecule has 1 heterocycles. The van der Waals surface area contributed by atoms with E-state index in [1.54, 1.807) is 0 Å². The Bertz CT molecular complexity index is 405. The zero-order chi connectivity index (χ0) is 15.1. The lowest BCUT2D eigenvalue weighted by Crippen LogP contribution is -2.23. The fraction of sp³-hybridized carbons (Fsp3) is 0.647. The number of ether oxygens (including phenoxy) is 1. The fourth-order valence-corrected chi connectivity index (χ4v) is 2.61. The Balaban J connectivity index is 1.79. The highest BCUT2D eigenvalue weighted by molar-refractivity contribution is 5.47. The molecule has 1 aliphatic rings. The second-order valence-electron chi connectivity index (χ2n) is 6.25. The molecule has 1 N–H and O–H groups in total. The lowest BCUT2D eigenvalue weighted by Gasteiger charge is -2.18. The second-order valence-corrected chi connectivity index (χ2v) is 6.25. The molecule has 4 heteroatoms. The van der Waals surface area contributed by atoms with Crippen LogP contribution in [0, 0.1) is 0 Å². The molecule has 0 spiro atoms. The first-order valence-electron chi connectivity index (χ1n) is 7.96. The Morgan fingerprint density at radius 3 is 2.67 bits per heavy atom. The molecule has 1 unspecified atom stereocenters. The van der Waals surface area contributed by atoms with E-state index in [0.717, 1.165) is 18.9 Å². The van der Waals surface area contributed by atoms with Crippen molar-refractivity contribution in [3.05, 3.63) is 24.3 Å². The van der Waals surface area contributed by atoms with Gasteiger partial charge in [-0.05, 0) is 77.8 Å². The van der Waals surface area contributed by atoms with Crippen LogP contribution in [0.4, 0.5) is 5.69 Å². The van der Waals surface area contributed by atoms with E-state index in [0.29, 0.717) is 6.04 Å². The van der Waals surface area contributed by atoms with Gasteiger partial charge < -0.3 is 19.9 Å². The first-order chi connectivity index (χ1) is 10.1. The van der Waals surface area contributed by atoms with Crippen molar-refractivity contribution in [3.8, 4) is 5.75 Å². The first-order valence-corrected chi connectivity index (χ1v) is 7.96. The van der Waals surface area contributed by atoms with Crippen LogP contribution in [0.5, 0.6) is 5.75 Å². The van der Waals surface area contributed by atoms with Crippen molar-refractivity contribution in [2.75, 3.05) is 52.7 Å². The molecule has 1 atom stereocenters. The number of hydrogen-bond donors (Lipinski definition) is 1. The van der Waals surface area contributed by atoms with Gasteiger partial charge in [-0.1, -0.05) is 0 Å². The number of hydrogen-bond acceptors (Lipinski definition) is 4. The topological polar surface area (TPSA) is 27.7 Å². The summed E-state index contributed by atoms with van der Waals surface area (Å²) in [6, 6.07) is 8.95. The molecular weight excluding hydrogens is 262 g/mol. The number of rotatable bonds is 6. The number of likely N-dealkylation sites (N-methyl/N-ethyl adjacent to an activating group) is 1. The number of likely N-dealkylation sites (tertiary alicyclic amines) is 1. The minimum absolute atomic E-state index is 0.593. The quantitative estimate of drug-likeness (QED) is 0.871. The van der Waals surface area contributed by atoms with E-state index in [4.69, 9.17) is 4.74 Å². The van der Waals surface area contributed by atoms with Crippen LogP contribution in [0.3, 0.4) is 0 Å². The summed E-state index contributed by atoms with van der Waals surface area (Å²) in [6.07, 6.45) is 3.75. The standard InChI is InChI=1S/C17H29N3O/c1-19(2)13-14-21-17-8-6-16(7-9-17)18-15-5-4-11-20(3)12-10-15/h6-9,15,18H,4-5,10-14H2,1-3H3. The van der Waals surface area contributed by atoms with Crippen molar-refractivity contribution in [3.63, 3.8) is 0 Å². The molecule has 0 amide bonds. The van der Waals surface area contributed by atoms with Gasteiger partial charge in [0.05, 0.1) is 0 Å². The minimum atomic E-state index is 0.593. The average molecular weight is 291 g/mol. The molecule has 1 aromatic carbocycles. The molecule has 1 fully saturated rings. The Morgan fingerprint density at radius 1 is 1.19 bits per heavy atom. The zero-order valence-electron chi connectivity index (χ0n) is 13.6. The minimum Gasteiger partial charge on any atom is -0.492 e. The van der Waals surface area contributed by atoms with Gasteiger partial charge in [-0.15, -0.1) is 0 Å². The Hall–Kier alpha value is -1.26. The van der Waals surface area contributed by atoms with Crippen molar-refractivity contribution in [1.82, 2.24) is 9.80 Å². The third-order valence-electron chi connectivity index (χ3n) is 3.98. The van der Waals surface area contributed by atoms with Crippen LogP contribution in [0.25, 0.3) is 0 Å². The van der Waals surface area contributed by atoms with E-state index in [1.807, 2.05) is 0 Å². The van der Waals surface area contributed by atoms with Crippen molar-refractivity contribution >= 4 is 5.69 Å². The molecule has 1 aromatic rings. The molecule has 0 aliphatic carbocycles. The average Bonchev–Trinajstić information content (AvgIpc) is 2.65. The lowest BCUT2D eigenvalue weighted by atomic mass is 10.1. The molecule has 118 valence electrons. The Kier molecular flexibility index (Phi) is 6.33. The van der Waals surface area contributed by atoms with Gasteiger partial charge in [-0.3, -0.25) is 0 Å². The van der Waals surface area contributed by atoms with Gasteiger partial charge in [0.1, 0.15) is 12.4 Å². The Labute approximate surface area is 129 Å². The normalized spacial score (nSPS) is 20.3. The fourth-order valence-electron chi connectivity index (χ4n) is 2.61. The van der Waals surface area contributed by atoms with Crippen molar-refractivity contribution < 1.29 is 4.74 Å². The van der Waals surface area contributed by atoms with Crippen LogP contribution < -0.4 is 10.1 Å². The third kappa shape index (κ3) is 5.94. The molecule has 0 radical (unpaired) electrons. The van der Waals surface area contributed by atoms with Crippen LogP contribution in [0.2, 0.25) is 0 Å². The van der Waals surface area contributed by atoms with Gasteiger partial charge in [-0.2, -0.15) is 0 Å². The number of benzene rings is 1. The monoisotopic (exact) mass is 291 g/mol. The van der Waals surface area contributed by atoms with Crippen molar-refractivity contribution in [2.24, 2.45) is 0 Å². The number of nitrogens with zero attached hydrogens (tertiary/aromatic N) is 2. The predicted octanol–water partition coefficient (Wildman–Crippen LogP) is 2.52. The highest BCUT2D eigenvalue weighted by Crippen LogP contribution is 2.19. The van der Waals surface area contributed by atoms with Crippen LogP contribution in [0.1, 0.15) is 19.3 Å². The van der Waals surface area contributed by atoms with Crippen LogP contribution >= 0.6 is 0 Å². The summed E-state index contributed by atoms with van der Waals surface area (Å²) in [5.41, 5.74) is 1.20. The summed E-state index contributed by atoms with van der Waals surface area (Å²) >= 11 is 0. The predicted molar refractivity (Wildman–Crippen MR) is 89.2 cm³/mol. The van der Waals surface area contributed by atoms with E-state index >= 15 is 0 Å². The second kappa shape index (κ2) is 8.25. The maximum atomic E-state index is 5.72. The lowest BCUT2D eigenvalue weighted by molar-refractivity contribution is 0.261. The number of nitrogens with one attached hydrogen (secondary N) is 1. The summed E-state index contributed by atoms with van der Waals surface area (Å²) in [5.74, 6) is 0.947. The van der Waals surface area contributed by atoms with Gasteiger partial charge in [0.2, 0.25) is 0 Å². The summed E-state index contributed by atoms with van der Waals surface area (Å²) in [7, 11) is 6.32. The number of anilines is 1. The molecular formula is C17H29N3O. The van der Waals surface area contributed by atoms with Gasteiger partial charge in [0, 0.05) is 18.3 Å². The zero-order valence-corrected chi connectivity index (χ0v) is 13.6. The summed E-state index contributed by atoms with van der Waals surface area (Å²) in [4.78, 5) is 4.54. The molecule has 2 rings (SSSR count). The van der Waals surface area contributed by atoms with Gasteiger partial charge in [-0.25, -0.2) is 0 Å².